The summed E-state index contributed by atoms with van der Waals surface area (Å²) in [5.74, 6) is -0.744. The van der Waals surface area contributed by atoms with Crippen molar-refractivity contribution in [3.8, 4) is 17.2 Å². The fraction of sp³-hybridized carbons (Fsp3) is 0.133. The summed E-state index contributed by atoms with van der Waals surface area (Å²) < 4.78 is 5.36. The molecule has 2 rings (SSSR count). The Bertz CT molecular complexity index is 643. The zero-order valence-corrected chi connectivity index (χ0v) is 11.2. The maximum atomic E-state index is 12.1. The number of hydrogen-bond acceptors (Lipinski definition) is 5. The minimum Gasteiger partial charge on any atom is -0.504 e. The second-order valence-corrected chi connectivity index (χ2v) is 4.29. The molecule has 0 aliphatic heterocycles. The molecule has 2 aromatic carbocycles. The van der Waals surface area contributed by atoms with Gasteiger partial charge in [0.2, 0.25) is 0 Å². The minimum atomic E-state index is -0.528. The number of rotatable bonds is 5. The molecule has 0 saturated heterocycles. The van der Waals surface area contributed by atoms with Crippen LogP contribution in [0.3, 0.4) is 0 Å². The van der Waals surface area contributed by atoms with Gasteiger partial charge in [0.05, 0.1) is 5.56 Å². The van der Waals surface area contributed by atoms with E-state index in [0.29, 0.717) is 24.6 Å². The first-order valence-corrected chi connectivity index (χ1v) is 6.37. The van der Waals surface area contributed by atoms with Crippen LogP contribution in [0.15, 0.2) is 42.5 Å². The Kier molecular flexibility index (Phi) is 4.63. The summed E-state index contributed by atoms with van der Waals surface area (Å²) in [6, 6.07) is 11.0. The largest absolute Gasteiger partial charge is 0.504 e. The number of nitrogens with two attached hydrogens (primary N) is 1. The number of benzene rings is 2. The van der Waals surface area contributed by atoms with Gasteiger partial charge in [-0.1, -0.05) is 12.1 Å². The van der Waals surface area contributed by atoms with Crippen LogP contribution >= 0.6 is 0 Å². The summed E-state index contributed by atoms with van der Waals surface area (Å²) in [4.78, 5) is 12.1. The van der Waals surface area contributed by atoms with Gasteiger partial charge in [-0.25, -0.2) is 0 Å². The third-order valence-electron chi connectivity index (χ3n) is 2.74. The van der Waals surface area contributed by atoms with E-state index in [9.17, 15) is 15.0 Å². The number of para-hydroxylation sites is 1. The van der Waals surface area contributed by atoms with Crippen molar-refractivity contribution in [3.05, 3.63) is 48.0 Å². The highest BCUT2D eigenvalue weighted by Gasteiger charge is 2.14. The molecule has 0 unspecified atom stereocenters. The molecule has 5 N–H and O–H groups in total. The average Bonchev–Trinajstić information content (AvgIpc) is 2.48. The van der Waals surface area contributed by atoms with E-state index in [1.807, 2.05) is 0 Å². The summed E-state index contributed by atoms with van der Waals surface area (Å²) in [7, 11) is 0. The van der Waals surface area contributed by atoms with Crippen LogP contribution in [0.1, 0.15) is 10.4 Å². The summed E-state index contributed by atoms with van der Waals surface area (Å²) >= 11 is 0. The third kappa shape index (κ3) is 3.64. The van der Waals surface area contributed by atoms with Crippen LogP contribution in [-0.2, 0) is 0 Å². The number of hydrogen-bond donors (Lipinski definition) is 4. The van der Waals surface area contributed by atoms with E-state index >= 15 is 0 Å². The van der Waals surface area contributed by atoms with E-state index in [1.165, 1.54) is 18.2 Å². The lowest BCUT2D eigenvalue weighted by atomic mass is 10.1. The van der Waals surface area contributed by atoms with Crippen LogP contribution < -0.4 is 15.8 Å². The normalized spacial score (nSPS) is 10.1. The summed E-state index contributed by atoms with van der Waals surface area (Å²) in [5.41, 5.74) is 5.86. The van der Waals surface area contributed by atoms with Crippen molar-refractivity contribution < 1.29 is 19.7 Å². The van der Waals surface area contributed by atoms with Gasteiger partial charge in [0.1, 0.15) is 12.4 Å². The summed E-state index contributed by atoms with van der Waals surface area (Å²) in [5, 5.41) is 21.7. The molecule has 6 heteroatoms. The molecule has 0 aliphatic rings. The predicted octanol–water partition coefficient (Wildman–Crippen LogP) is 1.69. The quantitative estimate of drug-likeness (QED) is 0.627. The number of phenolic OH excluding ortho intramolecular Hbond substituents is 2. The Morgan fingerprint density at radius 2 is 1.95 bits per heavy atom. The van der Waals surface area contributed by atoms with Crippen molar-refractivity contribution in [2.45, 2.75) is 0 Å². The van der Waals surface area contributed by atoms with Crippen LogP contribution in [-0.4, -0.2) is 29.3 Å². The second kappa shape index (κ2) is 6.62. The number of ether oxygens (including phenoxy) is 1. The topological polar surface area (TPSA) is 105 Å². The maximum Gasteiger partial charge on any atom is 0.259 e. The molecule has 0 bridgehead atoms. The fourth-order valence-corrected chi connectivity index (χ4v) is 1.75. The van der Waals surface area contributed by atoms with Gasteiger partial charge in [-0.2, -0.15) is 0 Å². The van der Waals surface area contributed by atoms with Crippen LogP contribution in [0.5, 0.6) is 17.2 Å². The number of anilines is 1. The van der Waals surface area contributed by atoms with Gasteiger partial charge in [0, 0.05) is 18.3 Å². The van der Waals surface area contributed by atoms with Crippen LogP contribution in [0, 0.1) is 0 Å². The van der Waals surface area contributed by atoms with Crippen molar-refractivity contribution in [2.24, 2.45) is 5.73 Å². The highest BCUT2D eigenvalue weighted by atomic mass is 16.5. The van der Waals surface area contributed by atoms with E-state index in [1.54, 1.807) is 24.3 Å². The molecule has 110 valence electrons. The monoisotopic (exact) mass is 288 g/mol. The standard InChI is InChI=1S/C15H16N2O4/c16-7-8-21-11-4-1-3-10(9-11)17-15(20)12-5-2-6-13(18)14(12)19/h1-6,9,18-19H,7-8,16H2,(H,17,20). The summed E-state index contributed by atoms with van der Waals surface area (Å²) in [6.07, 6.45) is 0. The van der Waals surface area contributed by atoms with Crippen molar-refractivity contribution in [2.75, 3.05) is 18.5 Å². The first-order valence-electron chi connectivity index (χ1n) is 6.37. The lowest BCUT2D eigenvalue weighted by molar-refractivity contribution is 0.102. The van der Waals surface area contributed by atoms with E-state index in [2.05, 4.69) is 5.32 Å². The molecule has 0 aliphatic carbocycles. The van der Waals surface area contributed by atoms with Gasteiger partial charge < -0.3 is 26.0 Å². The number of carbonyl (C=O) groups is 1. The maximum absolute atomic E-state index is 12.1. The number of amides is 1. The molecule has 0 spiro atoms. The molecule has 0 atom stereocenters. The first kappa shape index (κ1) is 14.7. The molecule has 6 nitrogen and oxygen atoms in total. The smallest absolute Gasteiger partial charge is 0.259 e. The second-order valence-electron chi connectivity index (χ2n) is 4.29. The molecular formula is C15H16N2O4. The zero-order chi connectivity index (χ0) is 15.2. The fourth-order valence-electron chi connectivity index (χ4n) is 1.75. The van der Waals surface area contributed by atoms with Gasteiger partial charge in [-0.15, -0.1) is 0 Å². The van der Waals surface area contributed by atoms with Crippen LogP contribution in [0.4, 0.5) is 5.69 Å². The molecule has 0 radical (unpaired) electrons. The lowest BCUT2D eigenvalue weighted by Crippen LogP contribution is -2.13. The number of phenols is 2. The number of aromatic hydroxyl groups is 2. The van der Waals surface area contributed by atoms with Gasteiger partial charge in [-0.05, 0) is 24.3 Å². The first-order chi connectivity index (χ1) is 10.1. The van der Waals surface area contributed by atoms with Gasteiger partial charge in [0.15, 0.2) is 11.5 Å². The van der Waals surface area contributed by atoms with Gasteiger partial charge >= 0.3 is 0 Å². The van der Waals surface area contributed by atoms with E-state index < -0.39 is 11.7 Å². The van der Waals surface area contributed by atoms with Crippen molar-refractivity contribution in [1.29, 1.82) is 0 Å². The Hall–Kier alpha value is -2.73. The zero-order valence-electron chi connectivity index (χ0n) is 11.2. The molecule has 1 amide bonds. The van der Waals surface area contributed by atoms with Gasteiger partial charge in [-0.3, -0.25) is 4.79 Å². The number of carbonyl (C=O) groups excluding carboxylic acids is 1. The Morgan fingerprint density at radius 3 is 2.71 bits per heavy atom. The molecular weight excluding hydrogens is 272 g/mol. The highest BCUT2D eigenvalue weighted by molar-refractivity contribution is 6.06. The van der Waals surface area contributed by atoms with E-state index in [0.717, 1.165) is 0 Å². The third-order valence-corrected chi connectivity index (χ3v) is 2.74. The van der Waals surface area contributed by atoms with Crippen LogP contribution in [0.25, 0.3) is 0 Å². The van der Waals surface area contributed by atoms with Crippen LogP contribution in [0.2, 0.25) is 0 Å². The van der Waals surface area contributed by atoms with Crippen molar-refractivity contribution in [3.63, 3.8) is 0 Å². The van der Waals surface area contributed by atoms with Gasteiger partial charge in [0.25, 0.3) is 5.91 Å². The molecule has 0 fully saturated rings. The molecule has 21 heavy (non-hydrogen) atoms. The average molecular weight is 288 g/mol. The summed E-state index contributed by atoms with van der Waals surface area (Å²) in [6.45, 7) is 0.776. The van der Waals surface area contributed by atoms with E-state index in [4.69, 9.17) is 10.5 Å². The van der Waals surface area contributed by atoms with E-state index in [-0.39, 0.29) is 11.3 Å². The Balaban J connectivity index is 2.14. The SMILES string of the molecule is NCCOc1cccc(NC(=O)c2cccc(O)c2O)c1. The predicted molar refractivity (Wildman–Crippen MR) is 78.7 cm³/mol. The Labute approximate surface area is 121 Å². The molecule has 2 aromatic rings. The Morgan fingerprint density at radius 1 is 1.19 bits per heavy atom. The van der Waals surface area contributed by atoms with Crippen molar-refractivity contribution in [1.82, 2.24) is 0 Å². The number of nitrogens with one attached hydrogen (secondary N) is 1. The molecule has 0 heterocycles. The molecule has 0 aromatic heterocycles. The highest BCUT2D eigenvalue weighted by Crippen LogP contribution is 2.29. The molecule has 0 saturated carbocycles. The van der Waals surface area contributed by atoms with Crippen molar-refractivity contribution >= 4 is 11.6 Å². The minimum absolute atomic E-state index is 0.0109. The lowest BCUT2D eigenvalue weighted by Gasteiger charge is -2.09.